The van der Waals surface area contributed by atoms with E-state index in [9.17, 15) is 4.79 Å². The number of fused-ring (bicyclic) bond motifs is 1. The maximum absolute atomic E-state index is 12.0. The Labute approximate surface area is 157 Å². The molecule has 140 valence electrons. The lowest BCUT2D eigenvalue weighted by Gasteiger charge is -2.15. The van der Waals surface area contributed by atoms with Crippen molar-refractivity contribution in [2.45, 2.75) is 51.9 Å². The average Bonchev–Trinajstić information content (AvgIpc) is 2.65. The summed E-state index contributed by atoms with van der Waals surface area (Å²) >= 11 is 0. The van der Waals surface area contributed by atoms with Crippen LogP contribution in [0.25, 0.3) is 10.8 Å². The molecule has 2 rings (SSSR count). The smallest absolute Gasteiger partial charge is 0.220 e. The van der Waals surface area contributed by atoms with Gasteiger partial charge in [0, 0.05) is 18.5 Å². The van der Waals surface area contributed by atoms with Gasteiger partial charge in [-0.25, -0.2) is 0 Å². The Morgan fingerprint density at radius 3 is 2.77 bits per heavy atom. The van der Waals surface area contributed by atoms with Crippen molar-refractivity contribution in [2.24, 2.45) is 0 Å². The minimum absolute atomic E-state index is 0.158. The summed E-state index contributed by atoms with van der Waals surface area (Å²) < 4.78 is 5.55. The molecule has 0 spiro atoms. The SMILES string of the molecule is C=CCc1c(OC)ccc2cccc(CCNC(=O)CCCCCC)c12. The van der Waals surface area contributed by atoms with Gasteiger partial charge in [-0.15, -0.1) is 6.58 Å². The van der Waals surface area contributed by atoms with Gasteiger partial charge in [0.1, 0.15) is 5.75 Å². The molecule has 0 bridgehead atoms. The molecule has 0 aliphatic carbocycles. The first-order chi connectivity index (χ1) is 12.7. The van der Waals surface area contributed by atoms with E-state index in [1.54, 1.807) is 7.11 Å². The number of allylic oxidation sites excluding steroid dienone is 1. The highest BCUT2D eigenvalue weighted by molar-refractivity contribution is 5.91. The van der Waals surface area contributed by atoms with E-state index < -0.39 is 0 Å². The van der Waals surface area contributed by atoms with Gasteiger partial charge in [0.25, 0.3) is 0 Å². The normalized spacial score (nSPS) is 10.7. The second-order valence-electron chi connectivity index (χ2n) is 6.67. The number of amides is 1. The third kappa shape index (κ3) is 5.35. The zero-order valence-electron chi connectivity index (χ0n) is 16.1. The van der Waals surface area contributed by atoms with E-state index in [1.807, 2.05) is 12.1 Å². The maximum atomic E-state index is 12.0. The molecule has 3 heteroatoms. The minimum Gasteiger partial charge on any atom is -0.496 e. The first-order valence-electron chi connectivity index (χ1n) is 9.66. The number of methoxy groups -OCH3 is 1. The molecule has 0 saturated heterocycles. The highest BCUT2D eigenvalue weighted by Gasteiger charge is 2.11. The summed E-state index contributed by atoms with van der Waals surface area (Å²) in [5, 5.41) is 5.49. The van der Waals surface area contributed by atoms with Crippen LogP contribution in [-0.2, 0) is 17.6 Å². The first kappa shape index (κ1) is 20.0. The van der Waals surface area contributed by atoms with Gasteiger partial charge in [0.15, 0.2) is 0 Å². The van der Waals surface area contributed by atoms with E-state index >= 15 is 0 Å². The van der Waals surface area contributed by atoms with Crippen LogP contribution in [-0.4, -0.2) is 19.6 Å². The first-order valence-corrected chi connectivity index (χ1v) is 9.66. The summed E-state index contributed by atoms with van der Waals surface area (Å²) in [6.45, 7) is 6.73. The fraction of sp³-hybridized carbons (Fsp3) is 0.435. The standard InChI is InChI=1S/C23H31NO2/c1-4-6-7-8-13-22(25)24-17-16-19-12-9-11-18-14-15-21(26-3)20(10-5-2)23(18)19/h5,9,11-12,14-15H,2,4,6-8,10,13,16-17H2,1,3H3,(H,24,25). The molecule has 0 fully saturated rings. The largest absolute Gasteiger partial charge is 0.496 e. The molecule has 0 heterocycles. The molecular formula is C23H31NO2. The van der Waals surface area contributed by atoms with Crippen LogP contribution in [0.3, 0.4) is 0 Å². The van der Waals surface area contributed by atoms with Crippen molar-refractivity contribution in [3.8, 4) is 5.75 Å². The van der Waals surface area contributed by atoms with Gasteiger partial charge in [-0.2, -0.15) is 0 Å². The number of carbonyl (C=O) groups is 1. The van der Waals surface area contributed by atoms with Crippen molar-refractivity contribution in [3.05, 3.63) is 54.1 Å². The van der Waals surface area contributed by atoms with Crippen molar-refractivity contribution in [3.63, 3.8) is 0 Å². The monoisotopic (exact) mass is 353 g/mol. The molecule has 0 aromatic heterocycles. The second kappa shape index (κ2) is 10.6. The highest BCUT2D eigenvalue weighted by atomic mass is 16.5. The van der Waals surface area contributed by atoms with Crippen molar-refractivity contribution in [1.82, 2.24) is 5.32 Å². The van der Waals surface area contributed by atoms with Crippen LogP contribution in [0.4, 0.5) is 0 Å². The van der Waals surface area contributed by atoms with Gasteiger partial charge in [-0.1, -0.05) is 56.5 Å². The molecule has 0 saturated carbocycles. The third-order valence-corrected chi connectivity index (χ3v) is 4.74. The van der Waals surface area contributed by atoms with E-state index in [-0.39, 0.29) is 5.91 Å². The lowest BCUT2D eigenvalue weighted by atomic mass is 9.95. The average molecular weight is 354 g/mol. The van der Waals surface area contributed by atoms with E-state index in [0.29, 0.717) is 13.0 Å². The van der Waals surface area contributed by atoms with Crippen LogP contribution in [0.5, 0.6) is 5.75 Å². The van der Waals surface area contributed by atoms with E-state index in [0.717, 1.165) is 31.4 Å². The number of ether oxygens (including phenoxy) is 1. The van der Waals surface area contributed by atoms with Crippen molar-refractivity contribution in [2.75, 3.05) is 13.7 Å². The number of hydrogen-bond acceptors (Lipinski definition) is 2. The van der Waals surface area contributed by atoms with Crippen molar-refractivity contribution < 1.29 is 9.53 Å². The molecule has 0 atom stereocenters. The molecule has 0 aliphatic rings. The van der Waals surface area contributed by atoms with Crippen LogP contribution in [0.1, 0.15) is 50.2 Å². The Kier molecular flexibility index (Phi) is 8.20. The Balaban J connectivity index is 2.07. The van der Waals surface area contributed by atoms with E-state index in [2.05, 4.69) is 43.1 Å². The molecule has 26 heavy (non-hydrogen) atoms. The number of rotatable bonds is 11. The van der Waals surface area contributed by atoms with Crippen LogP contribution in [0, 0.1) is 0 Å². The summed E-state index contributed by atoms with van der Waals surface area (Å²) in [5.74, 6) is 1.05. The minimum atomic E-state index is 0.158. The number of carbonyl (C=O) groups excluding carboxylic acids is 1. The predicted molar refractivity (Wildman–Crippen MR) is 110 cm³/mol. The lowest BCUT2D eigenvalue weighted by molar-refractivity contribution is -0.121. The molecule has 0 unspecified atom stereocenters. The molecule has 1 N–H and O–H groups in total. The van der Waals surface area contributed by atoms with Crippen molar-refractivity contribution >= 4 is 16.7 Å². The third-order valence-electron chi connectivity index (χ3n) is 4.74. The topological polar surface area (TPSA) is 38.3 Å². The quantitative estimate of drug-likeness (QED) is 0.445. The Hall–Kier alpha value is -2.29. The Morgan fingerprint density at radius 1 is 1.19 bits per heavy atom. The summed E-state index contributed by atoms with van der Waals surface area (Å²) in [6, 6.07) is 10.5. The van der Waals surface area contributed by atoms with Gasteiger partial charge < -0.3 is 10.1 Å². The molecule has 2 aromatic rings. The highest BCUT2D eigenvalue weighted by Crippen LogP contribution is 2.31. The van der Waals surface area contributed by atoms with Gasteiger partial charge in [-0.3, -0.25) is 4.79 Å². The number of unbranched alkanes of at least 4 members (excludes halogenated alkanes) is 3. The predicted octanol–water partition coefficient (Wildman–Crippen LogP) is 5.21. The fourth-order valence-corrected chi connectivity index (χ4v) is 3.40. The number of benzene rings is 2. The second-order valence-corrected chi connectivity index (χ2v) is 6.67. The van der Waals surface area contributed by atoms with Crippen LogP contribution >= 0.6 is 0 Å². The lowest BCUT2D eigenvalue weighted by Crippen LogP contribution is -2.25. The zero-order chi connectivity index (χ0) is 18.8. The fourth-order valence-electron chi connectivity index (χ4n) is 3.40. The van der Waals surface area contributed by atoms with Crippen molar-refractivity contribution in [1.29, 1.82) is 0 Å². The van der Waals surface area contributed by atoms with Gasteiger partial charge in [0.05, 0.1) is 7.11 Å². The van der Waals surface area contributed by atoms with Crippen LogP contribution < -0.4 is 10.1 Å². The number of nitrogens with one attached hydrogen (secondary N) is 1. The molecule has 0 aliphatic heterocycles. The molecular weight excluding hydrogens is 322 g/mol. The van der Waals surface area contributed by atoms with E-state index in [1.165, 1.54) is 34.7 Å². The zero-order valence-corrected chi connectivity index (χ0v) is 16.1. The summed E-state index contributed by atoms with van der Waals surface area (Å²) in [7, 11) is 1.70. The van der Waals surface area contributed by atoms with Crippen LogP contribution in [0.15, 0.2) is 43.0 Å². The molecule has 2 aromatic carbocycles. The van der Waals surface area contributed by atoms with Gasteiger partial charge in [0.2, 0.25) is 5.91 Å². The molecule has 1 amide bonds. The van der Waals surface area contributed by atoms with Gasteiger partial charge in [-0.05, 0) is 41.7 Å². The Morgan fingerprint density at radius 2 is 2.04 bits per heavy atom. The maximum Gasteiger partial charge on any atom is 0.220 e. The molecule has 0 radical (unpaired) electrons. The van der Waals surface area contributed by atoms with Crippen LogP contribution in [0.2, 0.25) is 0 Å². The summed E-state index contributed by atoms with van der Waals surface area (Å²) in [4.78, 5) is 12.0. The van der Waals surface area contributed by atoms with Gasteiger partial charge >= 0.3 is 0 Å². The Bertz CT molecular complexity index is 736. The van der Waals surface area contributed by atoms with E-state index in [4.69, 9.17) is 4.74 Å². The number of hydrogen-bond donors (Lipinski definition) is 1. The summed E-state index contributed by atoms with van der Waals surface area (Å²) in [5.41, 5.74) is 2.41. The summed E-state index contributed by atoms with van der Waals surface area (Å²) in [6.07, 6.45) is 8.64. The molecule has 3 nitrogen and oxygen atoms in total.